The van der Waals surface area contributed by atoms with Crippen LogP contribution < -0.4 is 5.32 Å². The summed E-state index contributed by atoms with van der Waals surface area (Å²) in [4.78, 5) is 10.4. The van der Waals surface area contributed by atoms with E-state index in [0.29, 0.717) is 25.4 Å². The van der Waals surface area contributed by atoms with Crippen molar-refractivity contribution in [1.29, 1.82) is 5.26 Å². The Bertz CT molecular complexity index is 454. The standard InChI is InChI=1S/C12H15N3O3/c1-2-18-8-4-7-14-11-6-3-5-10(9-13)12(11)15(16)17/h3,5-6,14H,2,4,7-8H2,1H3. The molecule has 0 bridgehead atoms. The molecule has 0 saturated carbocycles. The molecule has 0 heterocycles. The van der Waals surface area contributed by atoms with Crippen LogP contribution in [0.5, 0.6) is 0 Å². The monoisotopic (exact) mass is 249 g/mol. The number of para-hydroxylation sites is 1. The van der Waals surface area contributed by atoms with Crippen molar-refractivity contribution >= 4 is 11.4 Å². The number of nitro groups is 1. The Morgan fingerprint density at radius 1 is 1.56 bits per heavy atom. The molecule has 6 heteroatoms. The molecular formula is C12H15N3O3. The molecule has 0 aliphatic heterocycles. The summed E-state index contributed by atoms with van der Waals surface area (Å²) in [5.74, 6) is 0. The van der Waals surface area contributed by atoms with Gasteiger partial charge in [-0.15, -0.1) is 0 Å². The molecule has 0 spiro atoms. The summed E-state index contributed by atoms with van der Waals surface area (Å²) >= 11 is 0. The number of ether oxygens (including phenoxy) is 1. The van der Waals surface area contributed by atoms with Crippen LogP contribution >= 0.6 is 0 Å². The molecule has 18 heavy (non-hydrogen) atoms. The van der Waals surface area contributed by atoms with Crippen LogP contribution in [0, 0.1) is 21.4 Å². The van der Waals surface area contributed by atoms with Gasteiger partial charge in [0, 0.05) is 19.8 Å². The van der Waals surface area contributed by atoms with Crippen molar-refractivity contribution in [1.82, 2.24) is 0 Å². The Labute approximate surface area is 105 Å². The van der Waals surface area contributed by atoms with E-state index >= 15 is 0 Å². The molecule has 0 unspecified atom stereocenters. The van der Waals surface area contributed by atoms with Crippen LogP contribution in [0.3, 0.4) is 0 Å². The molecule has 0 fully saturated rings. The molecule has 1 aromatic rings. The van der Waals surface area contributed by atoms with Gasteiger partial charge < -0.3 is 10.1 Å². The van der Waals surface area contributed by atoms with Crippen molar-refractivity contribution in [3.05, 3.63) is 33.9 Å². The van der Waals surface area contributed by atoms with E-state index in [1.54, 1.807) is 12.1 Å². The van der Waals surface area contributed by atoms with Crippen molar-refractivity contribution < 1.29 is 9.66 Å². The van der Waals surface area contributed by atoms with Crippen LogP contribution in [0.25, 0.3) is 0 Å². The van der Waals surface area contributed by atoms with Crippen LogP contribution in [0.2, 0.25) is 0 Å². The molecule has 0 aliphatic carbocycles. The van der Waals surface area contributed by atoms with Gasteiger partial charge in [0.1, 0.15) is 17.3 Å². The fourth-order valence-electron chi connectivity index (χ4n) is 1.51. The number of anilines is 1. The van der Waals surface area contributed by atoms with Gasteiger partial charge in [-0.2, -0.15) is 5.26 Å². The zero-order chi connectivity index (χ0) is 13.4. The maximum absolute atomic E-state index is 10.9. The predicted molar refractivity (Wildman–Crippen MR) is 67.4 cm³/mol. The van der Waals surface area contributed by atoms with Gasteiger partial charge in [-0.05, 0) is 25.5 Å². The first kappa shape index (κ1) is 13.9. The highest BCUT2D eigenvalue weighted by molar-refractivity contribution is 5.68. The van der Waals surface area contributed by atoms with E-state index in [-0.39, 0.29) is 11.3 Å². The molecule has 0 radical (unpaired) electrons. The number of hydrogen-bond acceptors (Lipinski definition) is 5. The number of nitrogens with one attached hydrogen (secondary N) is 1. The number of nitrogens with zero attached hydrogens (tertiary/aromatic N) is 2. The van der Waals surface area contributed by atoms with Crippen molar-refractivity contribution in [2.45, 2.75) is 13.3 Å². The minimum Gasteiger partial charge on any atom is -0.382 e. The number of nitro benzene ring substituents is 1. The summed E-state index contributed by atoms with van der Waals surface area (Å²) in [6.45, 7) is 3.74. The highest BCUT2D eigenvalue weighted by Crippen LogP contribution is 2.27. The zero-order valence-electron chi connectivity index (χ0n) is 10.2. The fraction of sp³-hybridized carbons (Fsp3) is 0.417. The molecular weight excluding hydrogens is 234 g/mol. The van der Waals surface area contributed by atoms with E-state index in [4.69, 9.17) is 10.00 Å². The van der Waals surface area contributed by atoms with Crippen LogP contribution in [0.1, 0.15) is 18.9 Å². The SMILES string of the molecule is CCOCCCNc1cccc(C#N)c1[N+](=O)[O-]. The molecule has 96 valence electrons. The molecule has 0 saturated heterocycles. The second-order valence-corrected chi connectivity index (χ2v) is 3.55. The minimum absolute atomic E-state index is 0.0646. The van der Waals surface area contributed by atoms with Crippen LogP contribution in [-0.2, 0) is 4.74 Å². The highest BCUT2D eigenvalue weighted by Gasteiger charge is 2.18. The highest BCUT2D eigenvalue weighted by atomic mass is 16.6. The normalized spacial score (nSPS) is 9.78. The molecule has 1 N–H and O–H groups in total. The third-order valence-corrected chi connectivity index (χ3v) is 2.32. The second kappa shape index (κ2) is 7.25. The van der Waals surface area contributed by atoms with Gasteiger partial charge in [0.15, 0.2) is 0 Å². The molecule has 0 aliphatic rings. The lowest BCUT2D eigenvalue weighted by molar-refractivity contribution is -0.384. The van der Waals surface area contributed by atoms with E-state index in [2.05, 4.69) is 5.32 Å². The molecule has 0 atom stereocenters. The van der Waals surface area contributed by atoms with Crippen molar-refractivity contribution in [2.24, 2.45) is 0 Å². The Morgan fingerprint density at radius 3 is 2.94 bits per heavy atom. The van der Waals surface area contributed by atoms with Crippen LogP contribution in [-0.4, -0.2) is 24.7 Å². The lowest BCUT2D eigenvalue weighted by atomic mass is 10.1. The zero-order valence-corrected chi connectivity index (χ0v) is 10.2. The molecule has 0 amide bonds. The Kier molecular flexibility index (Phi) is 5.61. The molecule has 0 aromatic heterocycles. The van der Waals surface area contributed by atoms with Gasteiger partial charge >= 0.3 is 5.69 Å². The van der Waals surface area contributed by atoms with E-state index in [1.165, 1.54) is 6.07 Å². The topological polar surface area (TPSA) is 88.2 Å². The predicted octanol–water partition coefficient (Wildman–Crippen LogP) is 2.30. The first-order chi connectivity index (χ1) is 8.70. The number of benzene rings is 1. The van der Waals surface area contributed by atoms with Crippen LogP contribution in [0.4, 0.5) is 11.4 Å². The largest absolute Gasteiger partial charge is 0.382 e. The Balaban J connectivity index is 2.71. The third kappa shape index (κ3) is 3.71. The molecule has 1 aromatic carbocycles. The number of hydrogen-bond donors (Lipinski definition) is 1. The van der Waals surface area contributed by atoms with Crippen molar-refractivity contribution in [3.8, 4) is 6.07 Å². The summed E-state index contributed by atoms with van der Waals surface area (Å²) < 4.78 is 5.17. The van der Waals surface area contributed by atoms with Crippen molar-refractivity contribution in [2.75, 3.05) is 25.1 Å². The first-order valence-corrected chi connectivity index (χ1v) is 5.69. The summed E-state index contributed by atoms with van der Waals surface area (Å²) in [5, 5.41) is 22.7. The summed E-state index contributed by atoms with van der Waals surface area (Å²) in [5.41, 5.74) is 0.266. The van der Waals surface area contributed by atoms with Crippen LogP contribution in [0.15, 0.2) is 18.2 Å². The first-order valence-electron chi connectivity index (χ1n) is 5.69. The van der Waals surface area contributed by atoms with E-state index < -0.39 is 4.92 Å². The lowest BCUT2D eigenvalue weighted by Gasteiger charge is -2.07. The van der Waals surface area contributed by atoms with E-state index in [0.717, 1.165) is 6.42 Å². The fourth-order valence-corrected chi connectivity index (χ4v) is 1.51. The summed E-state index contributed by atoms with van der Waals surface area (Å²) in [6.07, 6.45) is 0.752. The third-order valence-electron chi connectivity index (χ3n) is 2.32. The van der Waals surface area contributed by atoms with Gasteiger partial charge in [-0.25, -0.2) is 0 Å². The smallest absolute Gasteiger partial charge is 0.309 e. The van der Waals surface area contributed by atoms with Gasteiger partial charge in [0.05, 0.1) is 4.92 Å². The second-order valence-electron chi connectivity index (χ2n) is 3.55. The maximum Gasteiger partial charge on any atom is 0.309 e. The lowest BCUT2D eigenvalue weighted by Crippen LogP contribution is -2.08. The van der Waals surface area contributed by atoms with E-state index in [1.807, 2.05) is 13.0 Å². The number of nitriles is 1. The molecule has 6 nitrogen and oxygen atoms in total. The summed E-state index contributed by atoms with van der Waals surface area (Å²) in [7, 11) is 0. The average Bonchev–Trinajstić information content (AvgIpc) is 2.37. The average molecular weight is 249 g/mol. The van der Waals surface area contributed by atoms with Gasteiger partial charge in [0.2, 0.25) is 0 Å². The van der Waals surface area contributed by atoms with Gasteiger partial charge in [-0.3, -0.25) is 10.1 Å². The van der Waals surface area contributed by atoms with Gasteiger partial charge in [0.25, 0.3) is 0 Å². The number of rotatable bonds is 7. The summed E-state index contributed by atoms with van der Waals surface area (Å²) in [6, 6.07) is 6.47. The quantitative estimate of drug-likeness (QED) is 0.455. The Hall–Kier alpha value is -2.13. The van der Waals surface area contributed by atoms with E-state index in [9.17, 15) is 10.1 Å². The van der Waals surface area contributed by atoms with Crippen molar-refractivity contribution in [3.63, 3.8) is 0 Å². The molecule has 1 rings (SSSR count). The minimum atomic E-state index is -0.538. The van der Waals surface area contributed by atoms with Gasteiger partial charge in [-0.1, -0.05) is 6.07 Å². The maximum atomic E-state index is 10.9. The Morgan fingerprint density at radius 2 is 2.33 bits per heavy atom.